The minimum absolute atomic E-state index is 0.0185. The lowest BCUT2D eigenvalue weighted by Gasteiger charge is -2.29. The number of carboxylic acids is 1. The van der Waals surface area contributed by atoms with Gasteiger partial charge in [-0.25, -0.2) is 4.79 Å². The first-order chi connectivity index (χ1) is 33.5. The number of aromatic hydroxyl groups is 1. The van der Waals surface area contributed by atoms with Gasteiger partial charge < -0.3 is 80.2 Å². The van der Waals surface area contributed by atoms with Crippen molar-refractivity contribution in [3.05, 3.63) is 65.7 Å². The Morgan fingerprint density at radius 2 is 1.14 bits per heavy atom. The summed E-state index contributed by atoms with van der Waals surface area (Å²) in [4.78, 5) is 122. The number of aliphatic carboxylic acids is 1. The van der Waals surface area contributed by atoms with Crippen LogP contribution < -0.4 is 59.7 Å². The first-order valence-electron chi connectivity index (χ1n) is 23.0. The molecule has 2 aromatic rings. The highest BCUT2D eigenvalue weighted by molar-refractivity contribution is 5.97. The number of hydrogen-bond acceptors (Lipinski definition) is 14. The number of aliphatic hydroxyl groups is 2. The molecule has 0 spiro atoms. The molecule has 8 amide bonds. The Kier molecular flexibility index (Phi) is 25.5. The Labute approximate surface area is 411 Å². The molecule has 18 N–H and O–H groups in total. The highest BCUT2D eigenvalue weighted by Gasteiger charge is 2.35. The second-order valence-corrected chi connectivity index (χ2v) is 17.2. The van der Waals surface area contributed by atoms with Crippen molar-refractivity contribution in [2.45, 2.75) is 115 Å². The average Bonchev–Trinajstić information content (AvgIpc) is 3.32. The van der Waals surface area contributed by atoms with E-state index in [1.807, 2.05) is 6.92 Å². The van der Waals surface area contributed by atoms with Crippen molar-refractivity contribution in [1.29, 1.82) is 0 Å². The first-order valence-corrected chi connectivity index (χ1v) is 23.0. The molecule has 0 unspecified atom stereocenters. The van der Waals surface area contributed by atoms with E-state index < -0.39 is 127 Å². The number of guanidine groups is 1. The first kappa shape index (κ1) is 59.7. The quantitative estimate of drug-likeness (QED) is 0.0201. The third kappa shape index (κ3) is 21.4. The number of nitrogens with two attached hydrogens (primary N) is 3. The van der Waals surface area contributed by atoms with Gasteiger partial charge in [-0.3, -0.25) is 43.3 Å². The van der Waals surface area contributed by atoms with Gasteiger partial charge in [-0.1, -0.05) is 76.6 Å². The van der Waals surface area contributed by atoms with Crippen LogP contribution in [-0.2, 0) is 56.0 Å². The molecule has 392 valence electrons. The lowest BCUT2D eigenvalue weighted by atomic mass is 9.98. The number of benzene rings is 2. The molecule has 2 aromatic carbocycles. The standard InChI is InChI=1S/C46H70N12O13/c1-6-25(4)36(47)42(67)54-31(19-27-11-8-7-9-12-27)39(64)52-21-34(62)51-22-35(63)57-38(26(5)60)44(69)58-37(24(2)3)43(68)55-32(20-28-14-16-29(61)17-15-28)41(66)53-30(13-10-18-50-46(48)49)40(65)56-33(23-59)45(70)71/h7-9,11-12,14-17,24-26,30-33,36-38,59-61H,6,10,13,18-23,47H2,1-5H3,(H,51,62)(H,52,64)(H,53,66)(H,54,67)(H,55,68)(H,56,65)(H,57,63)(H,58,69)(H,70,71)(H4,48,49,50)/t25-,26+,30-,31-,32-,33-,36-,37-,38-/m0/s1. The van der Waals surface area contributed by atoms with Crippen molar-refractivity contribution in [2.75, 3.05) is 26.2 Å². The molecule has 0 aliphatic heterocycles. The molecule has 25 heteroatoms. The van der Waals surface area contributed by atoms with E-state index in [-0.39, 0.29) is 49.9 Å². The number of carbonyl (C=O) groups is 9. The molecule has 0 aliphatic carbocycles. The van der Waals surface area contributed by atoms with Crippen LogP contribution in [0, 0.1) is 11.8 Å². The van der Waals surface area contributed by atoms with Crippen LogP contribution in [0.15, 0.2) is 59.6 Å². The molecular weight excluding hydrogens is 929 g/mol. The second-order valence-electron chi connectivity index (χ2n) is 17.2. The fraction of sp³-hybridized carbons (Fsp3) is 0.522. The number of nitrogens with zero attached hydrogens (tertiary/aromatic N) is 1. The highest BCUT2D eigenvalue weighted by atomic mass is 16.4. The number of aliphatic hydroxyl groups excluding tert-OH is 2. The average molecular weight is 999 g/mol. The van der Waals surface area contributed by atoms with E-state index in [4.69, 9.17) is 17.2 Å². The predicted molar refractivity (Wildman–Crippen MR) is 258 cm³/mol. The van der Waals surface area contributed by atoms with Crippen molar-refractivity contribution in [3.8, 4) is 5.75 Å². The molecule has 0 fully saturated rings. The smallest absolute Gasteiger partial charge is 0.328 e. The summed E-state index contributed by atoms with van der Waals surface area (Å²) in [5, 5.41) is 58.7. The molecule has 2 rings (SSSR count). The summed E-state index contributed by atoms with van der Waals surface area (Å²) in [7, 11) is 0. The summed E-state index contributed by atoms with van der Waals surface area (Å²) in [6.07, 6.45) is -1.09. The summed E-state index contributed by atoms with van der Waals surface area (Å²) in [6.45, 7) is 5.69. The SMILES string of the molecule is CC[C@H](C)[C@H](N)C(=O)N[C@@H](Cc1ccccc1)C(=O)NCC(=O)NCC(=O)N[C@H](C(=O)N[C@H](C(=O)N[C@@H](Cc1ccc(O)cc1)C(=O)N[C@@H](CCCN=C(N)N)C(=O)N[C@@H](CO)C(=O)O)C(C)C)[C@@H](C)O. The minimum atomic E-state index is -1.72. The zero-order chi connectivity index (χ0) is 53.4. The molecule has 0 aromatic heterocycles. The summed E-state index contributed by atoms with van der Waals surface area (Å²) >= 11 is 0. The van der Waals surface area contributed by atoms with Gasteiger partial charge in [0.15, 0.2) is 5.96 Å². The maximum Gasteiger partial charge on any atom is 0.328 e. The van der Waals surface area contributed by atoms with Crippen molar-refractivity contribution < 1.29 is 63.6 Å². The topological polar surface area (TPSA) is 421 Å². The molecule has 0 bridgehead atoms. The summed E-state index contributed by atoms with van der Waals surface area (Å²) in [5.74, 6) is -9.64. The monoisotopic (exact) mass is 999 g/mol. The van der Waals surface area contributed by atoms with Crippen LogP contribution in [0.1, 0.15) is 65.0 Å². The lowest BCUT2D eigenvalue weighted by Crippen LogP contribution is -2.61. The number of carboxylic acid groups (broad SMARTS) is 1. The summed E-state index contributed by atoms with van der Waals surface area (Å²) in [6, 6.07) is 4.70. The van der Waals surface area contributed by atoms with Gasteiger partial charge in [0.05, 0.1) is 31.8 Å². The molecule has 0 radical (unpaired) electrons. The Bertz CT molecular complexity index is 2140. The van der Waals surface area contributed by atoms with Crippen LogP contribution in [0.5, 0.6) is 5.75 Å². The van der Waals surface area contributed by atoms with E-state index in [0.29, 0.717) is 12.0 Å². The van der Waals surface area contributed by atoms with Crippen LogP contribution in [0.3, 0.4) is 0 Å². The van der Waals surface area contributed by atoms with Gasteiger partial charge in [-0.2, -0.15) is 0 Å². The van der Waals surface area contributed by atoms with E-state index in [1.165, 1.54) is 31.2 Å². The molecule has 0 aliphatic rings. The van der Waals surface area contributed by atoms with Gasteiger partial charge in [0, 0.05) is 19.4 Å². The van der Waals surface area contributed by atoms with E-state index in [0.717, 1.165) is 5.56 Å². The number of phenolic OH excluding ortho intramolecular Hbond substituents is 1. The normalized spacial score (nSPS) is 14.8. The number of carbonyl (C=O) groups excluding carboxylic acids is 8. The zero-order valence-corrected chi connectivity index (χ0v) is 40.5. The Morgan fingerprint density at radius 1 is 0.620 bits per heavy atom. The number of amides is 8. The molecule has 0 saturated carbocycles. The van der Waals surface area contributed by atoms with Gasteiger partial charge in [0.25, 0.3) is 0 Å². The Balaban J connectivity index is 2.20. The number of rotatable bonds is 30. The van der Waals surface area contributed by atoms with E-state index in [2.05, 4.69) is 47.5 Å². The molecule has 71 heavy (non-hydrogen) atoms. The van der Waals surface area contributed by atoms with Gasteiger partial charge in [0.1, 0.15) is 42.0 Å². The Morgan fingerprint density at radius 3 is 1.69 bits per heavy atom. The van der Waals surface area contributed by atoms with Crippen LogP contribution in [-0.4, -0.2) is 154 Å². The van der Waals surface area contributed by atoms with Crippen molar-refractivity contribution in [3.63, 3.8) is 0 Å². The van der Waals surface area contributed by atoms with E-state index in [1.54, 1.807) is 51.1 Å². The van der Waals surface area contributed by atoms with E-state index in [9.17, 15) is 63.6 Å². The van der Waals surface area contributed by atoms with Crippen LogP contribution in [0.2, 0.25) is 0 Å². The fourth-order valence-corrected chi connectivity index (χ4v) is 6.62. The second kappa shape index (κ2) is 30.3. The largest absolute Gasteiger partial charge is 0.508 e. The minimum Gasteiger partial charge on any atom is -0.508 e. The number of phenols is 1. The maximum atomic E-state index is 14.0. The van der Waals surface area contributed by atoms with E-state index >= 15 is 0 Å². The van der Waals surface area contributed by atoms with Crippen LogP contribution in [0.4, 0.5) is 0 Å². The fourth-order valence-electron chi connectivity index (χ4n) is 6.62. The van der Waals surface area contributed by atoms with Crippen molar-refractivity contribution in [2.24, 2.45) is 34.0 Å². The van der Waals surface area contributed by atoms with Crippen molar-refractivity contribution >= 4 is 59.2 Å². The molecular formula is C46H70N12O13. The molecule has 0 saturated heterocycles. The van der Waals surface area contributed by atoms with Gasteiger partial charge >= 0.3 is 5.97 Å². The van der Waals surface area contributed by atoms with Crippen LogP contribution >= 0.6 is 0 Å². The van der Waals surface area contributed by atoms with Crippen LogP contribution in [0.25, 0.3) is 0 Å². The van der Waals surface area contributed by atoms with Gasteiger partial charge in [-0.15, -0.1) is 0 Å². The third-order valence-electron chi connectivity index (χ3n) is 11.1. The number of hydrogen-bond donors (Lipinski definition) is 15. The summed E-state index contributed by atoms with van der Waals surface area (Å²) in [5.41, 5.74) is 18.0. The summed E-state index contributed by atoms with van der Waals surface area (Å²) < 4.78 is 0. The third-order valence-corrected chi connectivity index (χ3v) is 11.1. The molecule has 25 nitrogen and oxygen atoms in total. The van der Waals surface area contributed by atoms with Gasteiger partial charge in [-0.05, 0) is 54.9 Å². The highest BCUT2D eigenvalue weighted by Crippen LogP contribution is 2.14. The lowest BCUT2D eigenvalue weighted by molar-refractivity contribution is -0.143. The maximum absolute atomic E-state index is 14.0. The zero-order valence-electron chi connectivity index (χ0n) is 40.5. The molecule has 0 heterocycles. The predicted octanol–water partition coefficient (Wildman–Crippen LogP) is -4.14. The van der Waals surface area contributed by atoms with Gasteiger partial charge in [0.2, 0.25) is 47.3 Å². The van der Waals surface area contributed by atoms with Crippen molar-refractivity contribution in [1.82, 2.24) is 42.5 Å². The number of aliphatic imine (C=N–C) groups is 1. The Hall–Kier alpha value is -7.38. The molecule has 9 atom stereocenters. The number of nitrogens with one attached hydrogen (secondary N) is 8.